The number of nitrogens with zero attached hydrogens (tertiary/aromatic N) is 2. The van der Waals surface area contributed by atoms with Crippen molar-refractivity contribution in [2.24, 2.45) is 7.05 Å². The lowest BCUT2D eigenvalue weighted by molar-refractivity contribution is -0.677. The molecule has 1 rings (SSSR count). The second-order valence-electron chi connectivity index (χ2n) is 2.46. The van der Waals surface area contributed by atoms with Crippen LogP contribution in [0.3, 0.4) is 0 Å². The number of ether oxygens (including phenoxy) is 1. The van der Waals surface area contributed by atoms with Crippen LogP contribution >= 0.6 is 0 Å². The molecule has 0 aliphatic heterocycles. The van der Waals surface area contributed by atoms with E-state index in [9.17, 15) is 0 Å². The van der Waals surface area contributed by atoms with Crippen molar-refractivity contribution in [3.8, 4) is 5.88 Å². The molecule has 1 N–H and O–H groups in total. The first kappa shape index (κ1) is 12.2. The quantitative estimate of drug-likeness (QED) is 0.421. The van der Waals surface area contributed by atoms with Crippen molar-refractivity contribution in [1.29, 1.82) is 0 Å². The molecule has 0 saturated carbocycles. The van der Waals surface area contributed by atoms with Gasteiger partial charge in [0, 0.05) is 6.42 Å². The summed E-state index contributed by atoms with van der Waals surface area (Å²) in [6, 6.07) is 0. The van der Waals surface area contributed by atoms with Gasteiger partial charge in [0.2, 0.25) is 0 Å². The number of aromatic nitrogens is 2. The van der Waals surface area contributed by atoms with Gasteiger partial charge in [-0.15, -0.1) is 0 Å². The third-order valence-electron chi connectivity index (χ3n) is 1.56. The number of imidazole rings is 1. The largest absolute Gasteiger partial charge is 0.463 e. The monoisotopic (exact) mass is 203 g/mol. The summed E-state index contributed by atoms with van der Waals surface area (Å²) < 4.78 is 7.03. The van der Waals surface area contributed by atoms with E-state index in [-0.39, 0.29) is 0 Å². The molecule has 0 saturated heterocycles. The minimum absolute atomic E-state index is 0.819. The number of nitrogens with one attached hydrogen (secondary N) is 1. The van der Waals surface area contributed by atoms with E-state index in [4.69, 9.17) is 20.1 Å². The molecule has 1 aromatic heterocycles. The van der Waals surface area contributed by atoms with Crippen molar-refractivity contribution in [2.45, 2.75) is 13.3 Å². The third-order valence-corrected chi connectivity index (χ3v) is 1.56. The van der Waals surface area contributed by atoms with Crippen LogP contribution in [0, 0.1) is 15.3 Å². The number of H-pyrrole nitrogens is 1. The predicted molar refractivity (Wildman–Crippen MR) is 48.3 cm³/mol. The SMILES string of the molecule is CCc1[nH]c(OC)c[n+]1C.O=[N+]([O-])[O-]. The van der Waals surface area contributed by atoms with Crippen molar-refractivity contribution in [2.75, 3.05) is 7.11 Å². The lowest BCUT2D eigenvalue weighted by Gasteiger charge is -1.83. The van der Waals surface area contributed by atoms with E-state index in [0.717, 1.165) is 12.3 Å². The fraction of sp³-hybridized carbons (Fsp3) is 0.571. The summed E-state index contributed by atoms with van der Waals surface area (Å²) in [6.45, 7) is 2.10. The second kappa shape index (κ2) is 5.79. The fourth-order valence-electron chi connectivity index (χ4n) is 0.958. The maximum Gasteiger partial charge on any atom is 0.322 e. The van der Waals surface area contributed by atoms with Crippen molar-refractivity contribution in [3.63, 3.8) is 0 Å². The summed E-state index contributed by atoms with van der Waals surface area (Å²) in [5, 5.41) is 14.8. The van der Waals surface area contributed by atoms with Crippen molar-refractivity contribution in [1.82, 2.24) is 4.98 Å². The zero-order valence-electron chi connectivity index (χ0n) is 8.31. The van der Waals surface area contributed by atoms with E-state index in [1.807, 2.05) is 17.8 Å². The Morgan fingerprint density at radius 1 is 1.64 bits per heavy atom. The van der Waals surface area contributed by atoms with Gasteiger partial charge in [-0.25, -0.2) is 9.55 Å². The Hall–Kier alpha value is -1.79. The topological polar surface area (TPSA) is 95.1 Å². The average molecular weight is 203 g/mol. The molecule has 7 nitrogen and oxygen atoms in total. The molecule has 0 bridgehead atoms. The number of aryl methyl sites for hydroxylation is 2. The first-order valence-electron chi connectivity index (χ1n) is 3.94. The van der Waals surface area contributed by atoms with E-state index >= 15 is 0 Å². The molecule has 1 heterocycles. The van der Waals surface area contributed by atoms with Gasteiger partial charge in [-0.1, -0.05) is 6.92 Å². The van der Waals surface area contributed by atoms with Crippen LogP contribution in [-0.4, -0.2) is 17.2 Å². The Morgan fingerprint density at radius 2 is 2.14 bits per heavy atom. The van der Waals surface area contributed by atoms with Crippen LogP contribution in [0.2, 0.25) is 0 Å². The van der Waals surface area contributed by atoms with Gasteiger partial charge in [0.25, 0.3) is 5.82 Å². The molecular weight excluding hydrogens is 190 g/mol. The van der Waals surface area contributed by atoms with Gasteiger partial charge in [-0.05, 0) is 0 Å². The number of methoxy groups -OCH3 is 1. The summed E-state index contributed by atoms with van der Waals surface area (Å²) in [7, 11) is 3.66. The van der Waals surface area contributed by atoms with Crippen LogP contribution in [0.5, 0.6) is 5.88 Å². The van der Waals surface area contributed by atoms with Gasteiger partial charge >= 0.3 is 5.88 Å². The van der Waals surface area contributed by atoms with E-state index in [2.05, 4.69) is 11.9 Å². The minimum atomic E-state index is -1.75. The Morgan fingerprint density at radius 3 is 2.36 bits per heavy atom. The average Bonchev–Trinajstić information content (AvgIpc) is 2.45. The van der Waals surface area contributed by atoms with Crippen LogP contribution in [0.1, 0.15) is 12.7 Å². The van der Waals surface area contributed by atoms with E-state index < -0.39 is 5.09 Å². The zero-order chi connectivity index (χ0) is 11.1. The van der Waals surface area contributed by atoms with Gasteiger partial charge in [-0.2, -0.15) is 0 Å². The van der Waals surface area contributed by atoms with E-state index in [0.29, 0.717) is 0 Å². The summed E-state index contributed by atoms with van der Waals surface area (Å²) in [5.41, 5.74) is 0. The summed E-state index contributed by atoms with van der Waals surface area (Å²) in [4.78, 5) is 11.4. The number of aromatic amines is 1. The first-order chi connectivity index (χ1) is 6.51. The zero-order valence-corrected chi connectivity index (χ0v) is 8.31. The van der Waals surface area contributed by atoms with Crippen LogP contribution in [0.4, 0.5) is 0 Å². The molecule has 0 spiro atoms. The summed E-state index contributed by atoms with van der Waals surface area (Å²) in [6.07, 6.45) is 2.93. The maximum absolute atomic E-state index is 8.25. The highest BCUT2D eigenvalue weighted by Gasteiger charge is 2.08. The molecule has 7 heteroatoms. The third kappa shape index (κ3) is 4.29. The lowest BCUT2D eigenvalue weighted by Crippen LogP contribution is -2.29. The Kier molecular flexibility index (Phi) is 5.05. The lowest BCUT2D eigenvalue weighted by atomic mass is 10.5. The maximum atomic E-state index is 8.25. The highest BCUT2D eigenvalue weighted by atomic mass is 16.9. The molecule has 0 fully saturated rings. The molecule has 0 unspecified atom stereocenters. The highest BCUT2D eigenvalue weighted by Crippen LogP contribution is 2.02. The second-order valence-corrected chi connectivity index (χ2v) is 2.46. The molecule has 0 aliphatic rings. The Balaban J connectivity index is 0.000000364. The normalized spacial score (nSPS) is 8.79. The Bertz CT molecular complexity index is 293. The van der Waals surface area contributed by atoms with Crippen molar-refractivity contribution >= 4 is 0 Å². The first-order valence-corrected chi connectivity index (χ1v) is 3.94. The van der Waals surface area contributed by atoms with Gasteiger partial charge in [0.05, 0.1) is 19.2 Å². The molecule has 0 atom stereocenters. The molecule has 0 radical (unpaired) electrons. The predicted octanol–water partition coefficient (Wildman–Crippen LogP) is 0.171. The molecule has 80 valence electrons. The van der Waals surface area contributed by atoms with Crippen LogP contribution in [-0.2, 0) is 13.5 Å². The molecule has 14 heavy (non-hydrogen) atoms. The molecule has 0 aliphatic carbocycles. The molecule has 0 amide bonds. The van der Waals surface area contributed by atoms with Gasteiger partial charge < -0.3 is 20.1 Å². The smallest absolute Gasteiger partial charge is 0.322 e. The number of hydrogen-bond acceptors (Lipinski definition) is 4. The van der Waals surface area contributed by atoms with E-state index in [1.165, 1.54) is 5.82 Å². The molecular formula is C7H13N3O4. The van der Waals surface area contributed by atoms with Crippen LogP contribution in [0.25, 0.3) is 0 Å². The van der Waals surface area contributed by atoms with Crippen molar-refractivity contribution in [3.05, 3.63) is 27.3 Å². The minimum Gasteiger partial charge on any atom is -0.463 e. The van der Waals surface area contributed by atoms with Crippen LogP contribution < -0.4 is 9.30 Å². The van der Waals surface area contributed by atoms with E-state index in [1.54, 1.807) is 7.11 Å². The standard InChI is InChI=1S/C7H12N2O.NO3/c1-4-6-8-7(10-3)5-9(6)2;2-1(3)4/h5H,4H2,1-3H3;/q;-1/p+1. The molecule has 1 aromatic rings. The van der Waals surface area contributed by atoms with Gasteiger partial charge in [0.15, 0.2) is 6.20 Å². The molecule has 0 aromatic carbocycles. The number of hydrogen-bond donors (Lipinski definition) is 1. The van der Waals surface area contributed by atoms with Gasteiger partial charge in [0.1, 0.15) is 0 Å². The van der Waals surface area contributed by atoms with Gasteiger partial charge in [-0.3, -0.25) is 0 Å². The van der Waals surface area contributed by atoms with Crippen molar-refractivity contribution < 1.29 is 14.4 Å². The Labute approximate surface area is 81.1 Å². The summed E-state index contributed by atoms with van der Waals surface area (Å²) in [5.74, 6) is 2.00. The summed E-state index contributed by atoms with van der Waals surface area (Å²) >= 11 is 0. The van der Waals surface area contributed by atoms with Crippen LogP contribution in [0.15, 0.2) is 6.20 Å². The highest BCUT2D eigenvalue weighted by molar-refractivity contribution is 5.00. The number of rotatable bonds is 2. The fourth-order valence-corrected chi connectivity index (χ4v) is 0.958.